The smallest absolute Gasteiger partial charge is 0.101 e. The molecule has 16 heavy (non-hydrogen) atoms. The Balaban J connectivity index is 2.61. The minimum Gasteiger partial charge on any atom is -0.384 e. The highest BCUT2D eigenvalue weighted by molar-refractivity contribution is 5.16. The molecular formula is C13H22N2O. The van der Waals surface area contributed by atoms with Crippen molar-refractivity contribution in [2.24, 2.45) is 0 Å². The predicted molar refractivity (Wildman–Crippen MR) is 66.3 cm³/mol. The van der Waals surface area contributed by atoms with Gasteiger partial charge in [-0.1, -0.05) is 19.9 Å². The van der Waals surface area contributed by atoms with Gasteiger partial charge in [-0.25, -0.2) is 0 Å². The van der Waals surface area contributed by atoms with Gasteiger partial charge >= 0.3 is 0 Å². The molecule has 3 heteroatoms. The van der Waals surface area contributed by atoms with Gasteiger partial charge in [-0.15, -0.1) is 0 Å². The zero-order chi connectivity index (χ0) is 12.2. The number of nitrogens with zero attached hydrogens (tertiary/aromatic N) is 1. The summed E-state index contributed by atoms with van der Waals surface area (Å²) in [6.45, 7) is 8.68. The van der Waals surface area contributed by atoms with Gasteiger partial charge in [0.15, 0.2) is 0 Å². The molecule has 3 nitrogen and oxygen atoms in total. The average Bonchev–Trinajstić information content (AvgIpc) is 2.16. The summed E-state index contributed by atoms with van der Waals surface area (Å²) in [5, 5.41) is 13.2. The summed E-state index contributed by atoms with van der Waals surface area (Å²) >= 11 is 0. The van der Waals surface area contributed by atoms with Crippen LogP contribution in [0.4, 0.5) is 0 Å². The summed E-state index contributed by atoms with van der Waals surface area (Å²) in [6.07, 6.45) is 0.891. The van der Waals surface area contributed by atoms with E-state index >= 15 is 0 Å². The Hall–Kier alpha value is -0.930. The molecule has 1 aromatic rings. The zero-order valence-electron chi connectivity index (χ0n) is 10.6. The highest BCUT2D eigenvalue weighted by Gasteiger charge is 2.17. The number of aromatic nitrogens is 1. The van der Waals surface area contributed by atoms with Crippen molar-refractivity contribution in [2.75, 3.05) is 6.54 Å². The maximum absolute atomic E-state index is 9.85. The van der Waals surface area contributed by atoms with Crippen molar-refractivity contribution in [1.82, 2.24) is 10.3 Å². The Kier molecular flexibility index (Phi) is 4.44. The third-order valence-corrected chi connectivity index (χ3v) is 2.37. The standard InChI is InChI=1S/C13H22N2O/c1-10(2)14-9-8-11-6-5-7-12(15-11)13(3,4)16/h5-7,10,14,16H,8-9H2,1-4H3. The first-order valence-electron chi connectivity index (χ1n) is 5.82. The Morgan fingerprint density at radius 2 is 2.06 bits per heavy atom. The molecule has 1 aromatic heterocycles. The number of nitrogens with one attached hydrogen (secondary N) is 1. The van der Waals surface area contributed by atoms with Gasteiger partial charge in [0.25, 0.3) is 0 Å². The molecule has 0 aromatic carbocycles. The minimum atomic E-state index is -0.860. The lowest BCUT2D eigenvalue weighted by atomic mass is 10.0. The SMILES string of the molecule is CC(C)NCCc1cccc(C(C)(C)O)n1. The van der Waals surface area contributed by atoms with Gasteiger partial charge in [0.05, 0.1) is 5.69 Å². The van der Waals surface area contributed by atoms with E-state index in [1.807, 2.05) is 18.2 Å². The first kappa shape index (κ1) is 13.1. The summed E-state index contributed by atoms with van der Waals surface area (Å²) in [7, 11) is 0. The van der Waals surface area contributed by atoms with Crippen LogP contribution in [-0.2, 0) is 12.0 Å². The highest BCUT2D eigenvalue weighted by atomic mass is 16.3. The van der Waals surface area contributed by atoms with Crippen molar-refractivity contribution >= 4 is 0 Å². The highest BCUT2D eigenvalue weighted by Crippen LogP contribution is 2.17. The van der Waals surface area contributed by atoms with Crippen LogP contribution in [0, 0.1) is 0 Å². The summed E-state index contributed by atoms with van der Waals surface area (Å²) in [6, 6.07) is 6.30. The summed E-state index contributed by atoms with van der Waals surface area (Å²) in [5.74, 6) is 0. The molecular weight excluding hydrogens is 200 g/mol. The third kappa shape index (κ3) is 4.29. The van der Waals surface area contributed by atoms with Crippen LogP contribution >= 0.6 is 0 Å². The number of rotatable bonds is 5. The van der Waals surface area contributed by atoms with Crippen molar-refractivity contribution in [2.45, 2.75) is 45.8 Å². The molecule has 0 atom stereocenters. The number of pyridine rings is 1. The Bertz CT molecular complexity index is 329. The maximum atomic E-state index is 9.85. The van der Waals surface area contributed by atoms with E-state index in [9.17, 15) is 5.11 Å². The fourth-order valence-electron chi connectivity index (χ4n) is 1.45. The fourth-order valence-corrected chi connectivity index (χ4v) is 1.45. The molecule has 0 radical (unpaired) electrons. The second kappa shape index (κ2) is 5.41. The van der Waals surface area contributed by atoms with E-state index < -0.39 is 5.60 Å². The van der Waals surface area contributed by atoms with Gasteiger partial charge in [-0.2, -0.15) is 0 Å². The van der Waals surface area contributed by atoms with Crippen LogP contribution in [0.3, 0.4) is 0 Å². The van der Waals surface area contributed by atoms with Gasteiger partial charge in [0, 0.05) is 24.7 Å². The fraction of sp³-hybridized carbons (Fsp3) is 0.615. The molecule has 0 amide bonds. The van der Waals surface area contributed by atoms with Crippen LogP contribution in [-0.4, -0.2) is 22.7 Å². The van der Waals surface area contributed by atoms with Gasteiger partial charge in [-0.3, -0.25) is 4.98 Å². The van der Waals surface area contributed by atoms with Crippen LogP contribution < -0.4 is 5.32 Å². The Morgan fingerprint density at radius 1 is 1.38 bits per heavy atom. The molecule has 0 spiro atoms. The Labute approximate surface area is 97.9 Å². The molecule has 0 aliphatic carbocycles. The average molecular weight is 222 g/mol. The van der Waals surface area contributed by atoms with Gasteiger partial charge in [0.2, 0.25) is 0 Å². The molecule has 1 rings (SSSR count). The first-order chi connectivity index (χ1) is 7.39. The van der Waals surface area contributed by atoms with E-state index in [4.69, 9.17) is 0 Å². The number of aliphatic hydroxyl groups is 1. The van der Waals surface area contributed by atoms with Crippen LogP contribution in [0.5, 0.6) is 0 Å². The lowest BCUT2D eigenvalue weighted by Gasteiger charge is -2.17. The van der Waals surface area contributed by atoms with E-state index in [0.29, 0.717) is 6.04 Å². The first-order valence-corrected chi connectivity index (χ1v) is 5.82. The van der Waals surface area contributed by atoms with Crippen LogP contribution in [0.2, 0.25) is 0 Å². The van der Waals surface area contributed by atoms with Crippen molar-refractivity contribution in [1.29, 1.82) is 0 Å². The topological polar surface area (TPSA) is 45.1 Å². The van der Waals surface area contributed by atoms with E-state index in [0.717, 1.165) is 24.4 Å². The quantitative estimate of drug-likeness (QED) is 0.799. The molecule has 1 heterocycles. The largest absolute Gasteiger partial charge is 0.384 e. The monoisotopic (exact) mass is 222 g/mol. The number of hydrogen-bond acceptors (Lipinski definition) is 3. The van der Waals surface area contributed by atoms with Crippen molar-refractivity contribution in [3.63, 3.8) is 0 Å². The minimum absolute atomic E-state index is 0.498. The molecule has 2 N–H and O–H groups in total. The van der Waals surface area contributed by atoms with E-state index in [-0.39, 0.29) is 0 Å². The summed E-state index contributed by atoms with van der Waals surface area (Å²) < 4.78 is 0. The summed E-state index contributed by atoms with van der Waals surface area (Å²) in [5.41, 5.74) is 0.893. The Morgan fingerprint density at radius 3 is 2.62 bits per heavy atom. The van der Waals surface area contributed by atoms with Crippen LogP contribution in [0.1, 0.15) is 39.1 Å². The molecule has 0 aliphatic rings. The van der Waals surface area contributed by atoms with E-state index in [1.54, 1.807) is 13.8 Å². The van der Waals surface area contributed by atoms with Crippen LogP contribution in [0.25, 0.3) is 0 Å². The molecule has 0 bridgehead atoms. The van der Waals surface area contributed by atoms with Gasteiger partial charge in [0.1, 0.15) is 5.60 Å². The lowest BCUT2D eigenvalue weighted by Crippen LogP contribution is -2.25. The second-order valence-electron chi connectivity index (χ2n) is 4.93. The molecule has 0 unspecified atom stereocenters. The normalized spacial score (nSPS) is 12.1. The van der Waals surface area contributed by atoms with Crippen molar-refractivity contribution in [3.05, 3.63) is 29.6 Å². The maximum Gasteiger partial charge on any atom is 0.101 e. The van der Waals surface area contributed by atoms with Gasteiger partial charge in [-0.05, 0) is 26.0 Å². The second-order valence-corrected chi connectivity index (χ2v) is 4.93. The van der Waals surface area contributed by atoms with Gasteiger partial charge < -0.3 is 10.4 Å². The molecule has 0 saturated carbocycles. The predicted octanol–water partition coefficient (Wildman–Crippen LogP) is 1.85. The molecule has 90 valence electrons. The molecule has 0 aliphatic heterocycles. The lowest BCUT2D eigenvalue weighted by molar-refractivity contribution is 0.0736. The molecule has 0 saturated heterocycles. The van der Waals surface area contributed by atoms with Crippen LogP contribution in [0.15, 0.2) is 18.2 Å². The van der Waals surface area contributed by atoms with Crippen molar-refractivity contribution in [3.8, 4) is 0 Å². The number of hydrogen-bond donors (Lipinski definition) is 2. The summed E-state index contributed by atoms with van der Waals surface area (Å²) in [4.78, 5) is 4.45. The van der Waals surface area contributed by atoms with Crippen molar-refractivity contribution < 1.29 is 5.11 Å². The third-order valence-electron chi connectivity index (χ3n) is 2.37. The zero-order valence-corrected chi connectivity index (χ0v) is 10.6. The van der Waals surface area contributed by atoms with E-state index in [2.05, 4.69) is 24.1 Å². The van der Waals surface area contributed by atoms with E-state index in [1.165, 1.54) is 0 Å². The molecule has 0 fully saturated rings.